The van der Waals surface area contributed by atoms with Gasteiger partial charge in [-0.1, -0.05) is 58.8 Å². The Morgan fingerprint density at radius 2 is 1.79 bits per heavy atom. The lowest BCUT2D eigenvalue weighted by Gasteiger charge is -2.20. The molecule has 0 saturated carbocycles. The second-order valence-corrected chi connectivity index (χ2v) is 6.92. The van der Waals surface area contributed by atoms with Crippen molar-refractivity contribution in [2.24, 2.45) is 5.41 Å². The van der Waals surface area contributed by atoms with Gasteiger partial charge in [0.2, 0.25) is 0 Å². The van der Waals surface area contributed by atoms with Gasteiger partial charge < -0.3 is 0 Å². The van der Waals surface area contributed by atoms with Crippen molar-refractivity contribution in [3.05, 3.63) is 39.5 Å². The number of fused-ring (bicyclic) bond motifs is 1. The number of hydrogen-bond donors (Lipinski definition) is 0. The molecular weight excluding hydrogens is 228 g/mol. The van der Waals surface area contributed by atoms with Crippen LogP contribution in [0.25, 0.3) is 6.08 Å². The summed E-state index contributed by atoms with van der Waals surface area (Å²) in [5.74, 6) is 0. The molecule has 0 radical (unpaired) electrons. The minimum absolute atomic E-state index is 0.294. The molecule has 0 fully saturated rings. The van der Waals surface area contributed by atoms with E-state index < -0.39 is 0 Å². The minimum atomic E-state index is 0.294. The zero-order chi connectivity index (χ0) is 14.2. The molecule has 0 heterocycles. The molecule has 104 valence electrons. The van der Waals surface area contributed by atoms with Crippen molar-refractivity contribution < 1.29 is 0 Å². The maximum absolute atomic E-state index is 2.49. The third-order valence-electron chi connectivity index (χ3n) is 4.42. The molecule has 0 bridgehead atoms. The first-order valence-electron chi connectivity index (χ1n) is 7.73. The van der Waals surface area contributed by atoms with Crippen LogP contribution < -0.4 is 0 Å². The summed E-state index contributed by atoms with van der Waals surface area (Å²) in [5.41, 5.74) is 9.70. The Morgan fingerprint density at radius 3 is 2.32 bits per heavy atom. The maximum atomic E-state index is 2.49. The summed E-state index contributed by atoms with van der Waals surface area (Å²) in [6.07, 6.45) is 7.26. The van der Waals surface area contributed by atoms with E-state index in [0.717, 1.165) is 12.8 Å². The standard InChI is InChI=1S/C19H28/c1-7-9-17-16(8-2)13(3)10-14-11-15(12-18(14)17)19(4,5)6/h10,12H,7-9,11H2,1-6H3. The monoisotopic (exact) mass is 256 g/mol. The van der Waals surface area contributed by atoms with Crippen LogP contribution in [0.5, 0.6) is 0 Å². The predicted octanol–water partition coefficient (Wildman–Crippen LogP) is 5.50. The van der Waals surface area contributed by atoms with Crippen LogP contribution in [0.2, 0.25) is 0 Å². The quantitative estimate of drug-likeness (QED) is 0.670. The van der Waals surface area contributed by atoms with Gasteiger partial charge in [0, 0.05) is 0 Å². The third-order valence-corrected chi connectivity index (χ3v) is 4.42. The summed E-state index contributed by atoms with van der Waals surface area (Å²) in [6.45, 7) is 13.9. The topological polar surface area (TPSA) is 0 Å². The van der Waals surface area contributed by atoms with Crippen LogP contribution >= 0.6 is 0 Å². The highest BCUT2D eigenvalue weighted by molar-refractivity contribution is 5.70. The van der Waals surface area contributed by atoms with Gasteiger partial charge in [-0.25, -0.2) is 0 Å². The summed E-state index contributed by atoms with van der Waals surface area (Å²) >= 11 is 0. The fraction of sp³-hybridized carbons (Fsp3) is 0.579. The fourth-order valence-electron chi connectivity index (χ4n) is 3.29. The number of benzene rings is 1. The largest absolute Gasteiger partial charge is 0.0651 e. The highest BCUT2D eigenvalue weighted by atomic mass is 14.3. The molecule has 0 saturated heterocycles. The molecule has 0 atom stereocenters. The molecule has 0 heteroatoms. The van der Waals surface area contributed by atoms with Crippen molar-refractivity contribution in [2.75, 3.05) is 0 Å². The summed E-state index contributed by atoms with van der Waals surface area (Å²) in [5, 5.41) is 0. The first-order chi connectivity index (χ1) is 8.88. The second-order valence-electron chi connectivity index (χ2n) is 6.92. The van der Waals surface area contributed by atoms with E-state index in [-0.39, 0.29) is 0 Å². The van der Waals surface area contributed by atoms with Crippen LogP contribution in [-0.4, -0.2) is 0 Å². The molecule has 0 aliphatic heterocycles. The van der Waals surface area contributed by atoms with Crippen molar-refractivity contribution in [1.29, 1.82) is 0 Å². The van der Waals surface area contributed by atoms with Gasteiger partial charge in [-0.15, -0.1) is 0 Å². The maximum Gasteiger partial charge on any atom is -0.00524 e. The number of allylic oxidation sites excluding steroid dienone is 1. The van der Waals surface area contributed by atoms with Crippen LogP contribution in [-0.2, 0) is 19.3 Å². The molecule has 0 N–H and O–H groups in total. The van der Waals surface area contributed by atoms with Gasteiger partial charge in [-0.3, -0.25) is 0 Å². The number of hydrogen-bond acceptors (Lipinski definition) is 0. The minimum Gasteiger partial charge on any atom is -0.0651 e. The molecular formula is C19H28. The SMILES string of the molecule is CCCc1c2c(cc(C)c1CC)CC(C(C)(C)C)=C2. The lowest BCUT2D eigenvalue weighted by Crippen LogP contribution is -2.08. The molecule has 2 rings (SSSR count). The third kappa shape index (κ3) is 2.63. The number of aryl methyl sites for hydroxylation is 1. The van der Waals surface area contributed by atoms with Crippen molar-refractivity contribution >= 4 is 6.08 Å². The van der Waals surface area contributed by atoms with Gasteiger partial charge in [-0.05, 0) is 59.4 Å². The number of rotatable bonds is 3. The van der Waals surface area contributed by atoms with Gasteiger partial charge in [0.15, 0.2) is 0 Å². The molecule has 0 aromatic heterocycles. The zero-order valence-corrected chi connectivity index (χ0v) is 13.5. The highest BCUT2D eigenvalue weighted by Gasteiger charge is 2.25. The average molecular weight is 256 g/mol. The summed E-state index contributed by atoms with van der Waals surface area (Å²) < 4.78 is 0. The molecule has 1 aliphatic rings. The average Bonchev–Trinajstić information content (AvgIpc) is 2.72. The van der Waals surface area contributed by atoms with Crippen LogP contribution in [0.4, 0.5) is 0 Å². The van der Waals surface area contributed by atoms with Crippen molar-refractivity contribution in [1.82, 2.24) is 0 Å². The Kier molecular flexibility index (Phi) is 3.90. The normalized spacial score (nSPS) is 14.5. The van der Waals surface area contributed by atoms with Gasteiger partial charge in [-0.2, -0.15) is 0 Å². The first kappa shape index (κ1) is 14.4. The highest BCUT2D eigenvalue weighted by Crippen LogP contribution is 2.39. The summed E-state index contributed by atoms with van der Waals surface area (Å²) in [7, 11) is 0. The van der Waals surface area contributed by atoms with E-state index in [2.05, 4.69) is 53.7 Å². The summed E-state index contributed by atoms with van der Waals surface area (Å²) in [6, 6.07) is 2.43. The van der Waals surface area contributed by atoms with Gasteiger partial charge in [0.05, 0.1) is 0 Å². The van der Waals surface area contributed by atoms with Crippen molar-refractivity contribution in [3.63, 3.8) is 0 Å². The van der Waals surface area contributed by atoms with Crippen LogP contribution in [0, 0.1) is 12.3 Å². The molecule has 0 unspecified atom stereocenters. The second kappa shape index (κ2) is 5.15. The van der Waals surface area contributed by atoms with Gasteiger partial charge >= 0.3 is 0 Å². The smallest absolute Gasteiger partial charge is 0.00524 e. The summed E-state index contributed by atoms with van der Waals surface area (Å²) in [4.78, 5) is 0. The van der Waals surface area contributed by atoms with E-state index in [1.54, 1.807) is 27.8 Å². The van der Waals surface area contributed by atoms with E-state index in [1.165, 1.54) is 18.4 Å². The zero-order valence-electron chi connectivity index (χ0n) is 13.5. The molecule has 1 aromatic rings. The molecule has 0 nitrogen and oxygen atoms in total. The Bertz CT molecular complexity index is 510. The van der Waals surface area contributed by atoms with E-state index in [9.17, 15) is 0 Å². The van der Waals surface area contributed by atoms with Crippen LogP contribution in [0.3, 0.4) is 0 Å². The van der Waals surface area contributed by atoms with Crippen LogP contribution in [0.1, 0.15) is 68.9 Å². The lowest BCUT2D eigenvalue weighted by molar-refractivity contribution is 0.498. The van der Waals surface area contributed by atoms with Gasteiger partial charge in [0.1, 0.15) is 0 Å². The Balaban J connectivity index is 2.57. The van der Waals surface area contributed by atoms with E-state index >= 15 is 0 Å². The Hall–Kier alpha value is -1.04. The molecule has 0 amide bonds. The molecule has 0 spiro atoms. The molecule has 1 aromatic carbocycles. The molecule has 19 heavy (non-hydrogen) atoms. The van der Waals surface area contributed by atoms with Crippen molar-refractivity contribution in [2.45, 2.75) is 67.2 Å². The van der Waals surface area contributed by atoms with E-state index in [1.807, 2.05) is 0 Å². The first-order valence-corrected chi connectivity index (χ1v) is 7.73. The molecule has 1 aliphatic carbocycles. The van der Waals surface area contributed by atoms with E-state index in [4.69, 9.17) is 0 Å². The van der Waals surface area contributed by atoms with E-state index in [0.29, 0.717) is 5.41 Å². The predicted molar refractivity (Wildman–Crippen MR) is 85.7 cm³/mol. The van der Waals surface area contributed by atoms with Gasteiger partial charge in [0.25, 0.3) is 0 Å². The van der Waals surface area contributed by atoms with Crippen LogP contribution in [0.15, 0.2) is 11.6 Å². The van der Waals surface area contributed by atoms with Crippen molar-refractivity contribution in [3.8, 4) is 0 Å². The fourth-order valence-corrected chi connectivity index (χ4v) is 3.29. The Morgan fingerprint density at radius 1 is 1.11 bits per heavy atom. The lowest BCUT2D eigenvalue weighted by atomic mass is 9.85. The Labute approximate surface area is 118 Å².